The van der Waals surface area contributed by atoms with E-state index >= 15 is 0 Å². The smallest absolute Gasteiger partial charge is 0.0915 e. The first-order chi connectivity index (χ1) is 3.71. The lowest BCUT2D eigenvalue weighted by Gasteiger charge is -2.13. The molecule has 0 saturated carbocycles. The van der Waals surface area contributed by atoms with Gasteiger partial charge in [-0.2, -0.15) is 0 Å². The molecule has 0 unspecified atom stereocenters. The van der Waals surface area contributed by atoms with Crippen LogP contribution in [0.3, 0.4) is 0 Å². The van der Waals surface area contributed by atoms with Gasteiger partial charge in [-0.3, -0.25) is 4.99 Å². The molecule has 1 aliphatic heterocycles. The van der Waals surface area contributed by atoms with Gasteiger partial charge in [-0.25, -0.2) is 4.40 Å². The van der Waals surface area contributed by atoms with E-state index in [9.17, 15) is 0 Å². The molecule has 8 heavy (non-hydrogen) atoms. The number of nitrogens with zero attached hydrogens (tertiary/aromatic N) is 2. The van der Waals surface area contributed by atoms with Gasteiger partial charge in [0.05, 0.1) is 11.1 Å². The van der Waals surface area contributed by atoms with Crippen molar-refractivity contribution in [3.63, 3.8) is 0 Å². The highest BCUT2D eigenvalue weighted by Crippen LogP contribution is 2.13. The second-order valence-corrected chi connectivity index (χ2v) is 2.86. The van der Waals surface area contributed by atoms with Gasteiger partial charge in [0.15, 0.2) is 0 Å². The third kappa shape index (κ3) is 1.33. The number of hydrogen-bond acceptors (Lipinski definition) is 3. The molecule has 2 nitrogen and oxygen atoms in total. The SMILES string of the molecule is CC1(C)C=NSC=N1. The quantitative estimate of drug-likeness (QED) is 0.454. The lowest BCUT2D eigenvalue weighted by Crippen LogP contribution is -2.19. The molecule has 0 atom stereocenters. The Morgan fingerprint density at radius 1 is 1.50 bits per heavy atom. The summed E-state index contributed by atoms with van der Waals surface area (Å²) < 4.78 is 3.97. The molecule has 0 aromatic carbocycles. The van der Waals surface area contributed by atoms with Gasteiger partial charge >= 0.3 is 0 Å². The largest absolute Gasteiger partial charge is 0.273 e. The highest BCUT2D eigenvalue weighted by molar-refractivity contribution is 8.11. The Morgan fingerprint density at radius 3 is 2.50 bits per heavy atom. The number of rotatable bonds is 0. The van der Waals surface area contributed by atoms with E-state index in [1.165, 1.54) is 11.9 Å². The van der Waals surface area contributed by atoms with Crippen LogP contribution in [-0.2, 0) is 0 Å². The van der Waals surface area contributed by atoms with Crippen LogP contribution < -0.4 is 0 Å². The summed E-state index contributed by atoms with van der Waals surface area (Å²) in [6.07, 6.45) is 1.84. The topological polar surface area (TPSA) is 24.7 Å². The van der Waals surface area contributed by atoms with E-state index in [1.807, 2.05) is 20.1 Å². The van der Waals surface area contributed by atoms with Crippen LogP contribution in [0, 0.1) is 0 Å². The molecule has 0 radical (unpaired) electrons. The van der Waals surface area contributed by atoms with Crippen molar-refractivity contribution in [1.82, 2.24) is 0 Å². The minimum Gasteiger partial charge on any atom is -0.273 e. The molecule has 0 N–H and O–H groups in total. The summed E-state index contributed by atoms with van der Waals surface area (Å²) in [6.45, 7) is 4.04. The maximum atomic E-state index is 4.15. The molecule has 1 aliphatic rings. The first kappa shape index (κ1) is 5.82. The van der Waals surface area contributed by atoms with E-state index in [0.717, 1.165) is 0 Å². The Kier molecular flexibility index (Phi) is 1.38. The standard InChI is InChI=1S/C5H8N2S/c1-5(2)3-7-8-4-6-5/h3-4H,1-2H3. The third-order valence-electron chi connectivity index (χ3n) is 0.862. The van der Waals surface area contributed by atoms with Gasteiger partial charge in [0.25, 0.3) is 0 Å². The molecule has 0 aliphatic carbocycles. The van der Waals surface area contributed by atoms with Gasteiger partial charge in [-0.1, -0.05) is 0 Å². The molecule has 1 rings (SSSR count). The molecular formula is C5H8N2S. The zero-order chi connectivity index (χ0) is 6.04. The fourth-order valence-corrected chi connectivity index (χ4v) is 1.07. The van der Waals surface area contributed by atoms with Crippen LogP contribution in [-0.4, -0.2) is 17.3 Å². The fraction of sp³-hybridized carbons (Fsp3) is 0.600. The second kappa shape index (κ2) is 1.90. The van der Waals surface area contributed by atoms with E-state index in [2.05, 4.69) is 9.39 Å². The number of aliphatic imine (C=N–C) groups is 1. The minimum atomic E-state index is -0.0642. The molecule has 0 fully saturated rings. The van der Waals surface area contributed by atoms with Crippen molar-refractivity contribution in [2.45, 2.75) is 19.4 Å². The molecule has 0 saturated heterocycles. The van der Waals surface area contributed by atoms with Crippen LogP contribution in [0.15, 0.2) is 9.39 Å². The van der Waals surface area contributed by atoms with Crippen molar-refractivity contribution >= 4 is 23.7 Å². The van der Waals surface area contributed by atoms with Crippen LogP contribution in [0.25, 0.3) is 0 Å². The Bertz CT molecular complexity index is 123. The van der Waals surface area contributed by atoms with E-state index in [1.54, 1.807) is 5.55 Å². The Hall–Kier alpha value is -0.310. The maximum Gasteiger partial charge on any atom is 0.0915 e. The summed E-state index contributed by atoms with van der Waals surface area (Å²) in [5.41, 5.74) is 1.70. The average molecular weight is 128 g/mol. The Labute approximate surface area is 53.2 Å². The normalized spacial score (nSPS) is 23.8. The van der Waals surface area contributed by atoms with Crippen LogP contribution in [0.1, 0.15) is 13.8 Å². The lowest BCUT2D eigenvalue weighted by atomic mass is 10.1. The highest BCUT2D eigenvalue weighted by Gasteiger charge is 2.12. The molecule has 0 aromatic heterocycles. The molecule has 44 valence electrons. The van der Waals surface area contributed by atoms with E-state index < -0.39 is 0 Å². The monoisotopic (exact) mass is 128 g/mol. The molecule has 0 amide bonds. The van der Waals surface area contributed by atoms with Crippen molar-refractivity contribution in [2.24, 2.45) is 9.39 Å². The fourth-order valence-electron chi connectivity index (χ4n) is 0.379. The minimum absolute atomic E-state index is 0.0642. The summed E-state index contributed by atoms with van der Waals surface area (Å²) in [7, 11) is 0. The van der Waals surface area contributed by atoms with E-state index in [-0.39, 0.29) is 5.54 Å². The van der Waals surface area contributed by atoms with Crippen molar-refractivity contribution in [2.75, 3.05) is 0 Å². The predicted molar refractivity (Wildman–Crippen MR) is 38.7 cm³/mol. The molecule has 0 aromatic rings. The first-order valence-corrected chi connectivity index (χ1v) is 3.28. The second-order valence-electron chi connectivity index (χ2n) is 2.23. The van der Waals surface area contributed by atoms with Crippen LogP contribution >= 0.6 is 11.9 Å². The molecule has 0 bridgehead atoms. The number of hydrogen-bond donors (Lipinski definition) is 0. The van der Waals surface area contributed by atoms with Crippen molar-refractivity contribution in [3.05, 3.63) is 0 Å². The van der Waals surface area contributed by atoms with Gasteiger partial charge in [0.2, 0.25) is 0 Å². The van der Waals surface area contributed by atoms with Crippen LogP contribution in [0.5, 0.6) is 0 Å². The highest BCUT2D eigenvalue weighted by atomic mass is 32.2. The van der Waals surface area contributed by atoms with Crippen molar-refractivity contribution in [1.29, 1.82) is 0 Å². The van der Waals surface area contributed by atoms with Crippen LogP contribution in [0.2, 0.25) is 0 Å². The Balaban J connectivity index is 2.69. The molecule has 1 heterocycles. The van der Waals surface area contributed by atoms with Gasteiger partial charge < -0.3 is 0 Å². The van der Waals surface area contributed by atoms with Gasteiger partial charge in [-0.05, 0) is 13.8 Å². The van der Waals surface area contributed by atoms with Crippen LogP contribution in [0.4, 0.5) is 0 Å². The predicted octanol–water partition coefficient (Wildman–Crippen LogP) is 1.53. The van der Waals surface area contributed by atoms with Crippen molar-refractivity contribution in [3.8, 4) is 0 Å². The summed E-state index contributed by atoms with van der Waals surface area (Å²) in [6, 6.07) is 0. The average Bonchev–Trinajstić information content (AvgIpc) is 1.65. The molecule has 3 heteroatoms. The summed E-state index contributed by atoms with van der Waals surface area (Å²) in [4.78, 5) is 4.15. The zero-order valence-corrected chi connectivity index (χ0v) is 5.77. The van der Waals surface area contributed by atoms with Gasteiger partial charge in [0.1, 0.15) is 0 Å². The maximum absolute atomic E-state index is 4.15. The third-order valence-corrected chi connectivity index (χ3v) is 1.29. The van der Waals surface area contributed by atoms with E-state index in [4.69, 9.17) is 0 Å². The van der Waals surface area contributed by atoms with E-state index in [0.29, 0.717) is 0 Å². The summed E-state index contributed by atoms with van der Waals surface area (Å²) >= 11 is 1.37. The first-order valence-electron chi connectivity index (χ1n) is 2.45. The van der Waals surface area contributed by atoms with Gasteiger partial charge in [0, 0.05) is 18.2 Å². The van der Waals surface area contributed by atoms with Crippen molar-refractivity contribution < 1.29 is 0 Å². The zero-order valence-electron chi connectivity index (χ0n) is 4.96. The van der Waals surface area contributed by atoms with Gasteiger partial charge in [-0.15, -0.1) is 0 Å². The summed E-state index contributed by atoms with van der Waals surface area (Å²) in [5, 5.41) is 0. The molecule has 0 spiro atoms. The lowest BCUT2D eigenvalue weighted by molar-refractivity contribution is 0.723. The Morgan fingerprint density at radius 2 is 2.25 bits per heavy atom. The molecular weight excluding hydrogens is 120 g/mol. The summed E-state index contributed by atoms with van der Waals surface area (Å²) in [5.74, 6) is 0.